The molecule has 10 nitrogen and oxygen atoms in total. The molecule has 1 aliphatic carbocycles. The highest BCUT2D eigenvalue weighted by Gasteiger charge is 2.45. The molecular weight excluding hydrogens is 434 g/mol. The molecule has 2 aromatic carbocycles. The Hall–Kier alpha value is -3.02. The molecule has 1 amide bonds. The van der Waals surface area contributed by atoms with Crippen molar-refractivity contribution in [1.29, 1.82) is 0 Å². The van der Waals surface area contributed by atoms with Gasteiger partial charge in [0.25, 0.3) is 6.47 Å². The van der Waals surface area contributed by atoms with E-state index in [1.165, 1.54) is 0 Å². The molecule has 5 atom stereocenters. The second-order valence-corrected chi connectivity index (χ2v) is 7.70. The topological polar surface area (TPSA) is 144 Å². The number of rotatable bonds is 8. The van der Waals surface area contributed by atoms with E-state index >= 15 is 0 Å². The predicted molar refractivity (Wildman–Crippen MR) is 113 cm³/mol. The zero-order valence-electron chi connectivity index (χ0n) is 17.6. The highest BCUT2D eigenvalue weighted by atomic mass is 16.8. The molecule has 10 heteroatoms. The maximum atomic E-state index is 12.2. The van der Waals surface area contributed by atoms with Gasteiger partial charge in [0.05, 0.1) is 6.61 Å². The number of amides is 1. The first kappa shape index (κ1) is 23.1. The van der Waals surface area contributed by atoms with E-state index < -0.39 is 37.0 Å². The van der Waals surface area contributed by atoms with Crippen LogP contribution in [0.3, 0.4) is 0 Å². The Morgan fingerprint density at radius 3 is 2.18 bits per heavy atom. The standard InChI is InChI=1S/C23H25NO9/c25-12-32-22-20(28)18(26)19(27)21(33-22)30-10-9-24-23(29)31-11-17-15-7-3-1-5-13(15)14-6-2-4-8-16(14)17/h1-8,12,17-22,26-28H,9-11H2,(H,24,29)/t18-,19?,20+,21-,22?/m1/s1. The van der Waals surface area contributed by atoms with Crippen molar-refractivity contribution < 1.29 is 43.9 Å². The molecule has 0 radical (unpaired) electrons. The van der Waals surface area contributed by atoms with E-state index in [1.807, 2.05) is 48.5 Å². The van der Waals surface area contributed by atoms with E-state index in [0.29, 0.717) is 0 Å². The summed E-state index contributed by atoms with van der Waals surface area (Å²) in [4.78, 5) is 22.7. The molecule has 1 fully saturated rings. The zero-order valence-corrected chi connectivity index (χ0v) is 17.6. The van der Waals surface area contributed by atoms with Crippen LogP contribution in [0.4, 0.5) is 4.79 Å². The van der Waals surface area contributed by atoms with E-state index in [2.05, 4.69) is 10.1 Å². The number of nitrogens with one attached hydrogen (secondary N) is 1. The summed E-state index contributed by atoms with van der Waals surface area (Å²) in [5.74, 6) is -0.0622. The maximum Gasteiger partial charge on any atom is 0.407 e. The average molecular weight is 459 g/mol. The minimum absolute atomic E-state index is 0.0289. The lowest BCUT2D eigenvalue weighted by atomic mass is 9.98. The number of alkyl carbamates (subject to hydrolysis) is 1. The number of hydrogen-bond donors (Lipinski definition) is 4. The number of fused-ring (bicyclic) bond motifs is 3. The second-order valence-electron chi connectivity index (χ2n) is 7.70. The molecule has 33 heavy (non-hydrogen) atoms. The summed E-state index contributed by atoms with van der Waals surface area (Å²) in [7, 11) is 0. The molecule has 1 heterocycles. The molecule has 2 aliphatic rings. The molecule has 4 rings (SSSR count). The molecule has 1 aliphatic heterocycles. The van der Waals surface area contributed by atoms with Gasteiger partial charge >= 0.3 is 6.09 Å². The number of aliphatic hydroxyl groups excluding tert-OH is 3. The summed E-state index contributed by atoms with van der Waals surface area (Å²) in [6.07, 6.45) is -8.31. The van der Waals surface area contributed by atoms with Crippen molar-refractivity contribution in [3.63, 3.8) is 0 Å². The SMILES string of the molecule is O=COC1O[C@@H](OCCNC(=O)OCC2c3ccccc3-c3ccccc32)C(O)[C@@H](O)[C@@H]1O. The number of hydrogen-bond acceptors (Lipinski definition) is 9. The van der Waals surface area contributed by atoms with E-state index in [1.54, 1.807) is 0 Å². The van der Waals surface area contributed by atoms with Crippen LogP contribution < -0.4 is 5.32 Å². The fourth-order valence-electron chi connectivity index (χ4n) is 4.10. The highest BCUT2D eigenvalue weighted by Crippen LogP contribution is 2.44. The fraction of sp³-hybridized carbons (Fsp3) is 0.391. The smallest absolute Gasteiger partial charge is 0.407 e. The maximum absolute atomic E-state index is 12.2. The summed E-state index contributed by atoms with van der Waals surface area (Å²) >= 11 is 0. The van der Waals surface area contributed by atoms with E-state index in [-0.39, 0.29) is 32.1 Å². The van der Waals surface area contributed by atoms with Gasteiger partial charge in [-0.15, -0.1) is 0 Å². The third-order valence-electron chi connectivity index (χ3n) is 5.71. The van der Waals surface area contributed by atoms with Gasteiger partial charge in [0.15, 0.2) is 6.29 Å². The van der Waals surface area contributed by atoms with Gasteiger partial charge in [-0.05, 0) is 22.3 Å². The van der Waals surface area contributed by atoms with Crippen LogP contribution in [0.2, 0.25) is 0 Å². The Kier molecular flexibility index (Phi) is 7.21. The van der Waals surface area contributed by atoms with Gasteiger partial charge < -0.3 is 39.6 Å². The predicted octanol–water partition coefficient (Wildman–Crippen LogP) is 0.480. The van der Waals surface area contributed by atoms with Crippen LogP contribution in [0, 0.1) is 0 Å². The number of carbonyl (C=O) groups is 2. The number of carbonyl (C=O) groups excluding carboxylic acids is 2. The van der Waals surface area contributed by atoms with Crippen molar-refractivity contribution in [2.75, 3.05) is 19.8 Å². The number of aliphatic hydroxyl groups is 3. The average Bonchev–Trinajstić information content (AvgIpc) is 3.15. The van der Waals surface area contributed by atoms with Crippen LogP contribution in [0.25, 0.3) is 11.1 Å². The van der Waals surface area contributed by atoms with E-state index in [4.69, 9.17) is 14.2 Å². The van der Waals surface area contributed by atoms with Gasteiger partial charge in [-0.25, -0.2) is 4.79 Å². The summed E-state index contributed by atoms with van der Waals surface area (Å²) in [5, 5.41) is 32.0. The normalized spacial score (nSPS) is 26.2. The van der Waals surface area contributed by atoms with Gasteiger partial charge in [-0.2, -0.15) is 0 Å². The summed E-state index contributed by atoms with van der Waals surface area (Å²) in [5.41, 5.74) is 4.47. The molecule has 2 unspecified atom stereocenters. The monoisotopic (exact) mass is 459 g/mol. The Bertz CT molecular complexity index is 938. The third kappa shape index (κ3) is 4.85. The van der Waals surface area contributed by atoms with Crippen molar-refractivity contribution in [1.82, 2.24) is 5.32 Å². The largest absolute Gasteiger partial charge is 0.449 e. The lowest BCUT2D eigenvalue weighted by Crippen LogP contribution is -2.59. The quantitative estimate of drug-likeness (QED) is 0.327. The Morgan fingerprint density at radius 1 is 0.939 bits per heavy atom. The van der Waals surface area contributed by atoms with E-state index in [0.717, 1.165) is 22.3 Å². The Labute approximate surface area is 189 Å². The molecule has 176 valence electrons. The van der Waals surface area contributed by atoms with Gasteiger partial charge in [-0.3, -0.25) is 4.79 Å². The first-order valence-electron chi connectivity index (χ1n) is 10.5. The zero-order chi connectivity index (χ0) is 23.4. The molecule has 0 spiro atoms. The van der Waals surface area contributed by atoms with Crippen molar-refractivity contribution >= 4 is 12.6 Å². The Morgan fingerprint density at radius 2 is 1.55 bits per heavy atom. The molecule has 0 saturated carbocycles. The lowest BCUT2D eigenvalue weighted by molar-refractivity contribution is -0.339. The Balaban J connectivity index is 1.24. The van der Waals surface area contributed by atoms with E-state index in [9.17, 15) is 24.9 Å². The van der Waals surface area contributed by atoms with Crippen LogP contribution in [0.5, 0.6) is 0 Å². The van der Waals surface area contributed by atoms with Gasteiger partial charge in [-0.1, -0.05) is 48.5 Å². The fourth-order valence-corrected chi connectivity index (χ4v) is 4.10. The van der Waals surface area contributed by atoms with Crippen LogP contribution in [-0.4, -0.2) is 78.5 Å². The van der Waals surface area contributed by atoms with Crippen molar-refractivity contribution in [3.05, 3.63) is 59.7 Å². The molecule has 1 saturated heterocycles. The van der Waals surface area contributed by atoms with Crippen LogP contribution in [-0.2, 0) is 23.7 Å². The van der Waals surface area contributed by atoms with Crippen LogP contribution in [0.15, 0.2) is 48.5 Å². The first-order chi connectivity index (χ1) is 16.0. The second kappa shape index (κ2) is 10.3. The van der Waals surface area contributed by atoms with Crippen LogP contribution in [0.1, 0.15) is 17.0 Å². The minimum atomic E-state index is -1.64. The summed E-state index contributed by atoms with van der Waals surface area (Å²) in [6.45, 7) is 0.150. The minimum Gasteiger partial charge on any atom is -0.449 e. The van der Waals surface area contributed by atoms with Gasteiger partial charge in [0.1, 0.15) is 24.9 Å². The molecular formula is C23H25NO9. The third-order valence-corrected chi connectivity index (χ3v) is 5.71. The lowest BCUT2D eigenvalue weighted by Gasteiger charge is -2.38. The van der Waals surface area contributed by atoms with Gasteiger partial charge in [0, 0.05) is 12.5 Å². The number of ether oxygens (including phenoxy) is 4. The van der Waals surface area contributed by atoms with Crippen molar-refractivity contribution in [2.45, 2.75) is 36.8 Å². The summed E-state index contributed by atoms with van der Waals surface area (Å²) < 4.78 is 20.4. The molecule has 0 bridgehead atoms. The van der Waals surface area contributed by atoms with Crippen molar-refractivity contribution in [2.24, 2.45) is 0 Å². The molecule has 0 aromatic heterocycles. The highest BCUT2D eigenvalue weighted by molar-refractivity contribution is 5.79. The first-order valence-corrected chi connectivity index (χ1v) is 10.5. The van der Waals surface area contributed by atoms with Crippen molar-refractivity contribution in [3.8, 4) is 11.1 Å². The molecule has 2 aromatic rings. The number of benzene rings is 2. The van der Waals surface area contributed by atoms with Gasteiger partial charge in [0.2, 0.25) is 6.29 Å². The molecule has 4 N–H and O–H groups in total. The van der Waals surface area contributed by atoms with Crippen LogP contribution >= 0.6 is 0 Å². The summed E-state index contributed by atoms with van der Waals surface area (Å²) in [6, 6.07) is 16.0.